The molecule has 2 heterocycles. The largest absolute Gasteiger partial charge is 0.346 e. The number of nitrogens with one attached hydrogen (secondary N) is 1. The Bertz CT molecular complexity index is 1210. The minimum absolute atomic E-state index is 0.0898. The lowest BCUT2D eigenvalue weighted by molar-refractivity contribution is 0.0946. The number of halogens is 2. The molecular weight excluding hydrogens is 388 g/mol. The third kappa shape index (κ3) is 3.80. The van der Waals surface area contributed by atoms with Crippen LogP contribution >= 0.6 is 0 Å². The molecule has 0 radical (unpaired) electrons. The standard InChI is InChI=1S/C22H17F2N5O/c1-14-4-2-3-5-19(14)29-21(15-8-10-25-11-9-15)20(27-28-29)22(30)26-13-16-6-7-17(23)12-18(16)24/h2-12H,13H2,1H3,(H,26,30). The Kier molecular flexibility index (Phi) is 5.30. The van der Waals surface area contributed by atoms with Crippen LogP contribution in [-0.2, 0) is 6.54 Å². The summed E-state index contributed by atoms with van der Waals surface area (Å²) >= 11 is 0. The number of benzene rings is 2. The highest BCUT2D eigenvalue weighted by molar-refractivity contribution is 5.98. The van der Waals surface area contributed by atoms with Gasteiger partial charge in [0.05, 0.1) is 5.69 Å². The molecule has 2 aromatic carbocycles. The smallest absolute Gasteiger partial charge is 0.274 e. The average Bonchev–Trinajstić information content (AvgIpc) is 3.19. The van der Waals surface area contributed by atoms with Crippen molar-refractivity contribution in [2.24, 2.45) is 0 Å². The van der Waals surface area contributed by atoms with Crippen molar-refractivity contribution in [3.05, 3.63) is 95.4 Å². The second kappa shape index (κ2) is 8.20. The van der Waals surface area contributed by atoms with Crippen molar-refractivity contribution in [1.82, 2.24) is 25.3 Å². The highest BCUT2D eigenvalue weighted by Gasteiger charge is 2.23. The van der Waals surface area contributed by atoms with Gasteiger partial charge in [-0.25, -0.2) is 13.5 Å². The first kappa shape index (κ1) is 19.4. The second-order valence-electron chi connectivity index (χ2n) is 6.64. The van der Waals surface area contributed by atoms with Gasteiger partial charge in [0.2, 0.25) is 0 Å². The van der Waals surface area contributed by atoms with Crippen molar-refractivity contribution in [3.63, 3.8) is 0 Å². The number of pyridine rings is 1. The zero-order valence-corrected chi connectivity index (χ0v) is 16.0. The maximum Gasteiger partial charge on any atom is 0.274 e. The molecule has 0 fully saturated rings. The molecule has 0 saturated carbocycles. The molecule has 150 valence electrons. The minimum atomic E-state index is -0.728. The first-order valence-corrected chi connectivity index (χ1v) is 9.19. The minimum Gasteiger partial charge on any atom is -0.346 e. The molecule has 30 heavy (non-hydrogen) atoms. The predicted molar refractivity (Wildman–Crippen MR) is 107 cm³/mol. The summed E-state index contributed by atoms with van der Waals surface area (Å²) in [6.07, 6.45) is 3.22. The van der Waals surface area contributed by atoms with Gasteiger partial charge >= 0.3 is 0 Å². The summed E-state index contributed by atoms with van der Waals surface area (Å²) in [5.74, 6) is -1.93. The van der Waals surface area contributed by atoms with Gasteiger partial charge in [0, 0.05) is 36.1 Å². The van der Waals surface area contributed by atoms with Gasteiger partial charge in [0.1, 0.15) is 17.3 Å². The quantitative estimate of drug-likeness (QED) is 0.548. The lowest BCUT2D eigenvalue weighted by atomic mass is 10.1. The third-order valence-electron chi connectivity index (χ3n) is 4.64. The molecule has 6 nitrogen and oxygen atoms in total. The van der Waals surface area contributed by atoms with Gasteiger partial charge in [-0.15, -0.1) is 5.10 Å². The van der Waals surface area contributed by atoms with Crippen LogP contribution in [0.5, 0.6) is 0 Å². The molecule has 4 aromatic rings. The van der Waals surface area contributed by atoms with Crippen molar-refractivity contribution in [2.45, 2.75) is 13.5 Å². The summed E-state index contributed by atoms with van der Waals surface area (Å²) < 4.78 is 28.6. The van der Waals surface area contributed by atoms with Gasteiger partial charge in [0.25, 0.3) is 5.91 Å². The van der Waals surface area contributed by atoms with E-state index < -0.39 is 17.5 Å². The van der Waals surface area contributed by atoms with Crippen LogP contribution in [0.2, 0.25) is 0 Å². The fourth-order valence-corrected chi connectivity index (χ4v) is 3.10. The molecule has 0 saturated heterocycles. The number of aryl methyl sites for hydroxylation is 1. The normalized spacial score (nSPS) is 10.8. The highest BCUT2D eigenvalue weighted by Crippen LogP contribution is 2.26. The van der Waals surface area contributed by atoms with Gasteiger partial charge < -0.3 is 5.32 Å². The molecule has 8 heteroatoms. The number of aromatic nitrogens is 4. The van der Waals surface area contributed by atoms with Crippen LogP contribution in [0.3, 0.4) is 0 Å². The van der Waals surface area contributed by atoms with Crippen molar-refractivity contribution in [3.8, 4) is 16.9 Å². The van der Waals surface area contributed by atoms with Gasteiger partial charge in [0.15, 0.2) is 5.69 Å². The molecule has 0 aliphatic carbocycles. The van der Waals surface area contributed by atoms with E-state index >= 15 is 0 Å². The molecule has 1 N–H and O–H groups in total. The van der Waals surface area contributed by atoms with Gasteiger partial charge in [-0.3, -0.25) is 9.78 Å². The second-order valence-corrected chi connectivity index (χ2v) is 6.64. The molecule has 0 atom stereocenters. The van der Waals surface area contributed by atoms with Crippen molar-refractivity contribution < 1.29 is 13.6 Å². The number of carbonyl (C=O) groups excluding carboxylic acids is 1. The number of amides is 1. The van der Waals surface area contributed by atoms with E-state index in [2.05, 4.69) is 20.6 Å². The fourth-order valence-electron chi connectivity index (χ4n) is 3.10. The summed E-state index contributed by atoms with van der Waals surface area (Å²) in [7, 11) is 0. The Balaban J connectivity index is 1.71. The summed E-state index contributed by atoms with van der Waals surface area (Å²) in [6.45, 7) is 1.82. The summed E-state index contributed by atoms with van der Waals surface area (Å²) in [5.41, 5.74) is 3.19. The number of para-hydroxylation sites is 1. The van der Waals surface area contributed by atoms with Gasteiger partial charge in [-0.2, -0.15) is 0 Å². The molecular formula is C22H17F2N5O. The van der Waals surface area contributed by atoms with Crippen LogP contribution in [0.15, 0.2) is 67.0 Å². The molecule has 0 aliphatic heterocycles. The van der Waals surface area contributed by atoms with E-state index in [1.807, 2.05) is 31.2 Å². The Morgan fingerprint density at radius 1 is 1.07 bits per heavy atom. The molecule has 2 aromatic heterocycles. The van der Waals surface area contributed by atoms with Crippen LogP contribution in [0.4, 0.5) is 8.78 Å². The summed E-state index contributed by atoms with van der Waals surface area (Å²) in [6, 6.07) is 14.3. The number of rotatable bonds is 5. The highest BCUT2D eigenvalue weighted by atomic mass is 19.1. The molecule has 0 unspecified atom stereocenters. The Morgan fingerprint density at radius 2 is 1.83 bits per heavy atom. The van der Waals surface area contributed by atoms with Gasteiger partial charge in [-0.1, -0.05) is 29.5 Å². The topological polar surface area (TPSA) is 72.7 Å². The van der Waals surface area contributed by atoms with E-state index in [9.17, 15) is 13.6 Å². The molecule has 0 aliphatic rings. The molecule has 0 bridgehead atoms. The van der Waals surface area contributed by atoms with Crippen LogP contribution < -0.4 is 5.32 Å². The summed E-state index contributed by atoms with van der Waals surface area (Å²) in [4.78, 5) is 16.9. The first-order valence-electron chi connectivity index (χ1n) is 9.19. The first-order chi connectivity index (χ1) is 14.5. The Labute approximate surface area is 171 Å². The van der Waals surface area contributed by atoms with Gasteiger partial charge in [-0.05, 0) is 36.8 Å². The van der Waals surface area contributed by atoms with E-state index in [4.69, 9.17) is 0 Å². The zero-order valence-electron chi connectivity index (χ0n) is 16.0. The molecule has 4 rings (SSSR count). The van der Waals surface area contributed by atoms with Crippen LogP contribution in [-0.4, -0.2) is 25.9 Å². The van der Waals surface area contributed by atoms with E-state index in [0.717, 1.165) is 23.4 Å². The lowest BCUT2D eigenvalue weighted by Gasteiger charge is -2.11. The zero-order chi connectivity index (χ0) is 21.1. The number of hydrogen-bond donors (Lipinski definition) is 1. The van der Waals surface area contributed by atoms with E-state index in [0.29, 0.717) is 11.3 Å². The average molecular weight is 405 g/mol. The number of hydrogen-bond acceptors (Lipinski definition) is 4. The van der Waals surface area contributed by atoms with Crippen LogP contribution in [0.25, 0.3) is 16.9 Å². The van der Waals surface area contributed by atoms with Crippen molar-refractivity contribution >= 4 is 5.91 Å². The monoisotopic (exact) mass is 405 g/mol. The number of carbonyl (C=O) groups is 1. The van der Waals surface area contributed by atoms with Crippen LogP contribution in [0.1, 0.15) is 21.6 Å². The maximum atomic E-state index is 13.9. The fraction of sp³-hybridized carbons (Fsp3) is 0.0909. The maximum absolute atomic E-state index is 13.9. The predicted octanol–water partition coefficient (Wildman–Crippen LogP) is 3.85. The Morgan fingerprint density at radius 3 is 2.57 bits per heavy atom. The van der Waals surface area contributed by atoms with E-state index in [-0.39, 0.29) is 17.8 Å². The Hall–Kier alpha value is -3.94. The van der Waals surface area contributed by atoms with Crippen molar-refractivity contribution in [2.75, 3.05) is 0 Å². The molecule has 1 amide bonds. The van der Waals surface area contributed by atoms with Crippen LogP contribution in [0, 0.1) is 18.6 Å². The van der Waals surface area contributed by atoms with E-state index in [1.54, 1.807) is 29.2 Å². The summed E-state index contributed by atoms with van der Waals surface area (Å²) in [5, 5.41) is 10.9. The van der Waals surface area contributed by atoms with E-state index in [1.165, 1.54) is 6.07 Å². The third-order valence-corrected chi connectivity index (χ3v) is 4.64. The molecule has 0 spiro atoms. The lowest BCUT2D eigenvalue weighted by Crippen LogP contribution is -2.24. The number of nitrogens with zero attached hydrogens (tertiary/aromatic N) is 4. The van der Waals surface area contributed by atoms with Crippen molar-refractivity contribution in [1.29, 1.82) is 0 Å². The SMILES string of the molecule is Cc1ccccc1-n1nnc(C(=O)NCc2ccc(F)cc2F)c1-c1ccncc1.